The molecule has 202 valence electrons. The maximum atomic E-state index is 13.9. The Kier molecular flexibility index (Phi) is 7.80. The smallest absolute Gasteiger partial charge is 0.418 e. The lowest BCUT2D eigenvalue weighted by atomic mass is 9.98. The molecule has 0 bridgehead atoms. The molecule has 38 heavy (non-hydrogen) atoms. The Labute approximate surface area is 219 Å². The topological polar surface area (TPSA) is 85.7 Å². The molecule has 0 radical (unpaired) electrons. The van der Waals surface area contributed by atoms with Gasteiger partial charge in [0, 0.05) is 42.9 Å². The number of halogens is 3. The third kappa shape index (κ3) is 5.54. The van der Waals surface area contributed by atoms with Crippen molar-refractivity contribution in [1.29, 1.82) is 5.41 Å². The second kappa shape index (κ2) is 10.9. The number of nitrogens with one attached hydrogen (secondary N) is 2. The maximum absolute atomic E-state index is 13.9. The summed E-state index contributed by atoms with van der Waals surface area (Å²) >= 11 is 0. The molecule has 2 N–H and O–H groups in total. The molecular weight excluding hydrogens is 497 g/mol. The normalized spacial score (nSPS) is 15.7. The number of carbonyl (C=O) groups excluding carboxylic acids is 2. The molecule has 0 atom stereocenters. The van der Waals surface area contributed by atoms with Gasteiger partial charge in [0.1, 0.15) is 11.4 Å². The van der Waals surface area contributed by atoms with Crippen LogP contribution in [0.1, 0.15) is 49.3 Å². The third-order valence-electron chi connectivity index (χ3n) is 6.86. The lowest BCUT2D eigenvalue weighted by Crippen LogP contribution is -2.34. The van der Waals surface area contributed by atoms with Crippen molar-refractivity contribution in [1.82, 2.24) is 4.90 Å². The van der Waals surface area contributed by atoms with Crippen molar-refractivity contribution in [3.8, 4) is 5.75 Å². The number of methoxy groups -OCH3 is 1. The minimum Gasteiger partial charge on any atom is -0.497 e. The molecular formula is C28H31F3N4O3. The van der Waals surface area contributed by atoms with Crippen LogP contribution in [0.15, 0.2) is 47.7 Å². The van der Waals surface area contributed by atoms with Crippen molar-refractivity contribution in [3.05, 3.63) is 64.4 Å². The highest BCUT2D eigenvalue weighted by molar-refractivity contribution is 6.18. The van der Waals surface area contributed by atoms with E-state index in [2.05, 4.69) is 5.32 Å². The Morgan fingerprint density at radius 2 is 1.79 bits per heavy atom. The summed E-state index contributed by atoms with van der Waals surface area (Å²) < 4.78 is 47.0. The van der Waals surface area contributed by atoms with Crippen LogP contribution in [0.5, 0.6) is 5.75 Å². The van der Waals surface area contributed by atoms with E-state index in [-0.39, 0.29) is 42.4 Å². The minimum atomic E-state index is -4.69. The van der Waals surface area contributed by atoms with Gasteiger partial charge in [-0.3, -0.25) is 15.0 Å². The number of hydrogen-bond acceptors (Lipinski definition) is 5. The average Bonchev–Trinajstić information content (AvgIpc) is 3.57. The number of benzene rings is 2. The van der Waals surface area contributed by atoms with Crippen LogP contribution in [0, 0.1) is 12.3 Å². The third-order valence-corrected chi connectivity index (χ3v) is 6.86. The molecule has 0 spiro atoms. The van der Waals surface area contributed by atoms with Crippen molar-refractivity contribution >= 4 is 28.9 Å². The van der Waals surface area contributed by atoms with E-state index in [1.807, 2.05) is 11.8 Å². The quantitative estimate of drug-likeness (QED) is 0.463. The highest BCUT2D eigenvalue weighted by atomic mass is 19.4. The first-order valence-corrected chi connectivity index (χ1v) is 12.6. The van der Waals surface area contributed by atoms with Crippen LogP contribution in [0.25, 0.3) is 0 Å². The van der Waals surface area contributed by atoms with Gasteiger partial charge in [-0.1, -0.05) is 6.92 Å². The van der Waals surface area contributed by atoms with Gasteiger partial charge in [0.05, 0.1) is 24.1 Å². The lowest BCUT2D eigenvalue weighted by Gasteiger charge is -2.23. The van der Waals surface area contributed by atoms with Gasteiger partial charge in [-0.15, -0.1) is 0 Å². The monoisotopic (exact) mass is 528 g/mol. The first-order chi connectivity index (χ1) is 18.0. The zero-order valence-corrected chi connectivity index (χ0v) is 21.7. The van der Waals surface area contributed by atoms with E-state index in [1.54, 1.807) is 25.1 Å². The van der Waals surface area contributed by atoms with Gasteiger partial charge >= 0.3 is 6.18 Å². The first kappa shape index (κ1) is 27.2. The van der Waals surface area contributed by atoms with Crippen LogP contribution in [0.3, 0.4) is 0 Å². The predicted molar refractivity (Wildman–Crippen MR) is 140 cm³/mol. The number of alkyl halides is 3. The summed E-state index contributed by atoms with van der Waals surface area (Å²) in [6, 6.07) is 8.94. The van der Waals surface area contributed by atoms with E-state index in [0.717, 1.165) is 37.6 Å². The Bertz CT molecular complexity index is 1300. The largest absolute Gasteiger partial charge is 0.497 e. The van der Waals surface area contributed by atoms with Gasteiger partial charge in [0.15, 0.2) is 0 Å². The highest BCUT2D eigenvalue weighted by Crippen LogP contribution is 2.38. The molecule has 0 aliphatic carbocycles. The zero-order valence-electron chi connectivity index (χ0n) is 21.7. The zero-order chi connectivity index (χ0) is 27.6. The molecule has 0 saturated carbocycles. The van der Waals surface area contributed by atoms with Crippen molar-refractivity contribution in [3.63, 3.8) is 0 Å². The summed E-state index contributed by atoms with van der Waals surface area (Å²) in [6.45, 7) is 5.10. The van der Waals surface area contributed by atoms with E-state index < -0.39 is 17.6 Å². The molecule has 2 aromatic rings. The maximum Gasteiger partial charge on any atom is 0.418 e. The number of amides is 2. The second-order valence-electron chi connectivity index (χ2n) is 9.47. The van der Waals surface area contributed by atoms with Crippen molar-refractivity contribution in [2.75, 3.05) is 37.0 Å². The van der Waals surface area contributed by atoms with Gasteiger partial charge in [-0.25, -0.2) is 0 Å². The molecule has 2 aliphatic rings. The Balaban J connectivity index is 1.76. The second-order valence-corrected chi connectivity index (χ2v) is 9.47. The minimum absolute atomic E-state index is 0.0189. The number of nitrogens with zero attached hydrogens (tertiary/aromatic N) is 2. The van der Waals surface area contributed by atoms with E-state index in [0.29, 0.717) is 22.6 Å². The summed E-state index contributed by atoms with van der Waals surface area (Å²) in [5.41, 5.74) is 0.781. The number of carbonyl (C=O) groups is 2. The fraction of sp³-hybridized carbons (Fsp3) is 0.393. The van der Waals surface area contributed by atoms with Crippen molar-refractivity contribution in [2.24, 2.45) is 0 Å². The summed E-state index contributed by atoms with van der Waals surface area (Å²) in [6.07, 6.45) is -2.47. The molecule has 7 nitrogen and oxygen atoms in total. The average molecular weight is 529 g/mol. The van der Waals surface area contributed by atoms with Crippen LogP contribution in [0.4, 0.5) is 24.5 Å². The summed E-state index contributed by atoms with van der Waals surface area (Å²) in [4.78, 5) is 29.6. The molecule has 2 amide bonds. The first-order valence-electron chi connectivity index (χ1n) is 12.6. The van der Waals surface area contributed by atoms with Crippen LogP contribution >= 0.6 is 0 Å². The van der Waals surface area contributed by atoms with E-state index in [9.17, 15) is 22.8 Å². The number of aryl methyl sites for hydroxylation is 1. The van der Waals surface area contributed by atoms with E-state index in [4.69, 9.17) is 10.1 Å². The molecule has 10 heteroatoms. The van der Waals surface area contributed by atoms with Gasteiger partial charge < -0.3 is 19.9 Å². The number of rotatable bonds is 7. The Hall–Kier alpha value is -3.82. The Morgan fingerprint density at radius 1 is 1.08 bits per heavy atom. The standard InChI is InChI=1S/C28H31F3N4O3/c1-4-24(36)35-12-9-21(25(32)18-13-17(2)14-20(15-18)38-3)26(35)27(37)33-23-16-19(34-10-5-6-11-34)7-8-22(23)28(29,30)31/h7-8,13-16,32H,4-6,9-12H2,1-3H3,(H,33,37). The fourth-order valence-corrected chi connectivity index (χ4v) is 4.98. The van der Waals surface area contributed by atoms with Gasteiger partial charge in [-0.05, 0) is 68.1 Å². The van der Waals surface area contributed by atoms with Gasteiger partial charge in [0.25, 0.3) is 5.91 Å². The molecule has 2 aromatic carbocycles. The molecule has 0 aromatic heterocycles. The Morgan fingerprint density at radius 3 is 2.42 bits per heavy atom. The summed E-state index contributed by atoms with van der Waals surface area (Å²) in [7, 11) is 1.51. The summed E-state index contributed by atoms with van der Waals surface area (Å²) in [5, 5.41) is 11.3. The number of hydrogen-bond donors (Lipinski definition) is 2. The number of ether oxygens (including phenoxy) is 1. The number of anilines is 2. The molecule has 2 aliphatic heterocycles. The van der Waals surface area contributed by atoms with E-state index in [1.165, 1.54) is 24.1 Å². The predicted octanol–water partition coefficient (Wildman–Crippen LogP) is 5.53. The fourth-order valence-electron chi connectivity index (χ4n) is 4.98. The summed E-state index contributed by atoms with van der Waals surface area (Å²) in [5.74, 6) is -0.668. The van der Waals surface area contributed by atoms with E-state index >= 15 is 0 Å². The molecule has 1 saturated heterocycles. The van der Waals surface area contributed by atoms with Gasteiger partial charge in [-0.2, -0.15) is 13.2 Å². The highest BCUT2D eigenvalue weighted by Gasteiger charge is 2.37. The van der Waals surface area contributed by atoms with Crippen LogP contribution < -0.4 is 15.0 Å². The molecule has 4 rings (SSSR count). The van der Waals surface area contributed by atoms with Crippen LogP contribution in [-0.4, -0.2) is 49.2 Å². The van der Waals surface area contributed by atoms with Gasteiger partial charge in [0.2, 0.25) is 5.91 Å². The molecule has 2 heterocycles. The van der Waals surface area contributed by atoms with Crippen LogP contribution in [-0.2, 0) is 15.8 Å². The molecule has 0 unspecified atom stereocenters. The SMILES string of the molecule is CCC(=O)N1CCC(C(=N)c2cc(C)cc(OC)c2)=C1C(=O)Nc1cc(N2CCCC2)ccc1C(F)(F)F. The van der Waals surface area contributed by atoms with Crippen LogP contribution in [0.2, 0.25) is 0 Å². The van der Waals surface area contributed by atoms with Crippen molar-refractivity contribution < 1.29 is 27.5 Å². The lowest BCUT2D eigenvalue weighted by molar-refractivity contribution is -0.137. The molecule has 1 fully saturated rings. The van der Waals surface area contributed by atoms with Crippen molar-refractivity contribution in [2.45, 2.75) is 45.7 Å².